The SMILES string of the molecule is CC.CN(C)c1ccc(CCCN(CC(=O)O)C(=O)C(=O)N=O)cc1. The fourth-order valence-corrected chi connectivity index (χ4v) is 2.02. The third-order valence-electron chi connectivity index (χ3n) is 3.23. The molecule has 0 aliphatic heterocycles. The number of nitroso groups, excluding NO2 is 1. The highest BCUT2D eigenvalue weighted by atomic mass is 16.4. The monoisotopic (exact) mass is 351 g/mol. The highest BCUT2D eigenvalue weighted by Gasteiger charge is 2.24. The minimum Gasteiger partial charge on any atom is -0.480 e. The van der Waals surface area contributed by atoms with Crippen LogP contribution in [0.15, 0.2) is 29.4 Å². The summed E-state index contributed by atoms with van der Waals surface area (Å²) in [6.07, 6.45) is 1.08. The van der Waals surface area contributed by atoms with Gasteiger partial charge in [0.15, 0.2) is 0 Å². The standard InChI is InChI=1S/C15H19N3O5.C2H6/c1-17(2)12-7-5-11(6-8-12)4-3-9-18(10-13(19)20)15(22)14(21)16-23;1-2/h5-8H,3-4,9-10H2,1-2H3,(H,19,20);1-2H3. The third kappa shape index (κ3) is 8.05. The number of anilines is 1. The van der Waals surface area contributed by atoms with E-state index in [1.807, 2.05) is 62.3 Å². The van der Waals surface area contributed by atoms with Crippen molar-refractivity contribution in [1.29, 1.82) is 0 Å². The summed E-state index contributed by atoms with van der Waals surface area (Å²) in [5.74, 6) is -3.93. The number of aryl methyl sites for hydroxylation is 1. The quantitative estimate of drug-likeness (QED) is 0.594. The molecular formula is C17H25N3O5. The van der Waals surface area contributed by atoms with Gasteiger partial charge in [0, 0.05) is 31.5 Å². The molecule has 0 bridgehead atoms. The van der Waals surface area contributed by atoms with Gasteiger partial charge in [-0.05, 0) is 30.5 Å². The molecule has 0 aromatic heterocycles. The molecular weight excluding hydrogens is 326 g/mol. The van der Waals surface area contributed by atoms with Crippen molar-refractivity contribution in [2.45, 2.75) is 26.7 Å². The molecule has 1 rings (SSSR count). The van der Waals surface area contributed by atoms with Gasteiger partial charge in [0.2, 0.25) is 0 Å². The molecule has 0 heterocycles. The first-order valence-electron chi connectivity index (χ1n) is 7.99. The Bertz CT molecular complexity index is 584. The normalized spacial score (nSPS) is 9.44. The van der Waals surface area contributed by atoms with Crippen molar-refractivity contribution in [2.24, 2.45) is 5.18 Å². The predicted octanol–water partition coefficient (Wildman–Crippen LogP) is 1.92. The molecule has 8 nitrogen and oxygen atoms in total. The Balaban J connectivity index is 0.00000277. The van der Waals surface area contributed by atoms with Crippen LogP contribution in [0.2, 0.25) is 0 Å². The summed E-state index contributed by atoms with van der Waals surface area (Å²) in [5.41, 5.74) is 2.08. The summed E-state index contributed by atoms with van der Waals surface area (Å²) in [4.78, 5) is 46.2. The molecule has 8 heteroatoms. The number of amides is 2. The van der Waals surface area contributed by atoms with Gasteiger partial charge in [-0.15, -0.1) is 4.91 Å². The molecule has 0 atom stereocenters. The highest BCUT2D eigenvalue weighted by molar-refractivity contribution is 6.35. The van der Waals surface area contributed by atoms with Gasteiger partial charge in [-0.3, -0.25) is 14.4 Å². The predicted molar refractivity (Wildman–Crippen MR) is 95.5 cm³/mol. The van der Waals surface area contributed by atoms with Gasteiger partial charge in [0.05, 0.1) is 0 Å². The molecule has 1 aromatic carbocycles. The molecule has 138 valence electrons. The van der Waals surface area contributed by atoms with Crippen LogP contribution in [-0.2, 0) is 20.8 Å². The Labute approximate surface area is 147 Å². The van der Waals surface area contributed by atoms with Crippen molar-refractivity contribution >= 4 is 23.5 Å². The van der Waals surface area contributed by atoms with Crippen LogP contribution in [0.4, 0.5) is 5.69 Å². The molecule has 0 aliphatic rings. The molecule has 0 spiro atoms. The summed E-state index contributed by atoms with van der Waals surface area (Å²) in [6, 6.07) is 7.79. The van der Waals surface area contributed by atoms with E-state index in [9.17, 15) is 19.3 Å². The zero-order valence-corrected chi connectivity index (χ0v) is 15.1. The number of nitrogens with zero attached hydrogens (tertiary/aromatic N) is 3. The smallest absolute Gasteiger partial charge is 0.373 e. The summed E-state index contributed by atoms with van der Waals surface area (Å²) < 4.78 is 0. The van der Waals surface area contributed by atoms with E-state index in [1.54, 1.807) is 0 Å². The van der Waals surface area contributed by atoms with Crippen molar-refractivity contribution in [3.63, 3.8) is 0 Å². The van der Waals surface area contributed by atoms with Gasteiger partial charge >= 0.3 is 17.8 Å². The zero-order valence-electron chi connectivity index (χ0n) is 15.1. The van der Waals surface area contributed by atoms with E-state index in [2.05, 4.69) is 0 Å². The maximum Gasteiger partial charge on any atom is 0.373 e. The Morgan fingerprint density at radius 1 is 1.08 bits per heavy atom. The number of aliphatic carboxylic acids is 1. The van der Waals surface area contributed by atoms with Crippen LogP contribution < -0.4 is 4.90 Å². The Morgan fingerprint density at radius 3 is 2.08 bits per heavy atom. The van der Waals surface area contributed by atoms with Crippen LogP contribution in [0.5, 0.6) is 0 Å². The average Bonchev–Trinajstić information content (AvgIpc) is 2.61. The van der Waals surface area contributed by atoms with E-state index in [0.29, 0.717) is 12.8 Å². The first-order chi connectivity index (χ1) is 11.8. The third-order valence-corrected chi connectivity index (χ3v) is 3.23. The number of rotatable bonds is 7. The summed E-state index contributed by atoms with van der Waals surface area (Å²) >= 11 is 0. The van der Waals surface area contributed by atoms with E-state index in [0.717, 1.165) is 16.2 Å². The number of benzene rings is 1. The van der Waals surface area contributed by atoms with Gasteiger partial charge in [0.25, 0.3) is 0 Å². The second kappa shape index (κ2) is 11.7. The lowest BCUT2D eigenvalue weighted by atomic mass is 10.1. The minimum atomic E-state index is -1.48. The number of carbonyl (C=O) groups is 3. The summed E-state index contributed by atoms with van der Waals surface area (Å²) in [7, 11) is 3.87. The van der Waals surface area contributed by atoms with E-state index >= 15 is 0 Å². The Hall–Kier alpha value is -2.77. The van der Waals surface area contributed by atoms with Gasteiger partial charge in [-0.2, -0.15) is 0 Å². The van der Waals surface area contributed by atoms with Crippen LogP contribution in [-0.4, -0.2) is 55.0 Å². The van der Waals surface area contributed by atoms with Crippen molar-refractivity contribution in [3.8, 4) is 0 Å². The second-order valence-electron chi connectivity index (χ2n) is 5.18. The van der Waals surface area contributed by atoms with E-state index in [4.69, 9.17) is 5.11 Å². The molecule has 0 aliphatic carbocycles. The minimum absolute atomic E-state index is 0.0574. The molecule has 0 unspecified atom stereocenters. The molecule has 0 saturated carbocycles. The number of hydrogen-bond donors (Lipinski definition) is 1. The lowest BCUT2D eigenvalue weighted by Gasteiger charge is -2.18. The van der Waals surface area contributed by atoms with Crippen LogP contribution >= 0.6 is 0 Å². The first kappa shape index (κ1) is 22.2. The molecule has 1 N–H and O–H groups in total. The molecule has 2 amide bonds. The fraction of sp³-hybridized carbons (Fsp3) is 0.471. The zero-order chi connectivity index (χ0) is 19.4. The van der Waals surface area contributed by atoms with Crippen molar-refractivity contribution in [3.05, 3.63) is 34.7 Å². The number of carboxylic acids is 1. The largest absolute Gasteiger partial charge is 0.480 e. The molecule has 25 heavy (non-hydrogen) atoms. The second-order valence-corrected chi connectivity index (χ2v) is 5.18. The van der Waals surface area contributed by atoms with Gasteiger partial charge < -0.3 is 14.9 Å². The lowest BCUT2D eigenvalue weighted by Crippen LogP contribution is -2.40. The van der Waals surface area contributed by atoms with Crippen LogP contribution in [0.1, 0.15) is 25.8 Å². The number of carbonyl (C=O) groups excluding carboxylic acids is 2. The van der Waals surface area contributed by atoms with E-state index in [1.165, 1.54) is 0 Å². The molecule has 0 saturated heterocycles. The average molecular weight is 351 g/mol. The molecule has 0 radical (unpaired) electrons. The van der Waals surface area contributed by atoms with Crippen LogP contribution in [0.25, 0.3) is 0 Å². The lowest BCUT2D eigenvalue weighted by molar-refractivity contribution is -0.149. The van der Waals surface area contributed by atoms with Crippen molar-refractivity contribution < 1.29 is 19.5 Å². The first-order valence-corrected chi connectivity index (χ1v) is 7.99. The summed E-state index contributed by atoms with van der Waals surface area (Å²) in [6.45, 7) is 3.42. The van der Waals surface area contributed by atoms with Crippen molar-refractivity contribution in [1.82, 2.24) is 4.90 Å². The van der Waals surface area contributed by atoms with Gasteiger partial charge in [0.1, 0.15) is 6.54 Å². The van der Waals surface area contributed by atoms with Crippen LogP contribution in [0.3, 0.4) is 0 Å². The maximum atomic E-state index is 11.6. The molecule has 0 fully saturated rings. The van der Waals surface area contributed by atoms with E-state index in [-0.39, 0.29) is 6.54 Å². The Morgan fingerprint density at radius 2 is 1.64 bits per heavy atom. The van der Waals surface area contributed by atoms with E-state index < -0.39 is 24.3 Å². The fourth-order valence-electron chi connectivity index (χ4n) is 2.02. The maximum absolute atomic E-state index is 11.6. The topological polar surface area (TPSA) is 107 Å². The Kier molecular flexibility index (Phi) is 10.4. The van der Waals surface area contributed by atoms with Crippen molar-refractivity contribution in [2.75, 3.05) is 32.1 Å². The van der Waals surface area contributed by atoms with Crippen LogP contribution in [0, 0.1) is 4.91 Å². The van der Waals surface area contributed by atoms with Gasteiger partial charge in [-0.1, -0.05) is 26.0 Å². The molecule has 1 aromatic rings. The van der Waals surface area contributed by atoms with Gasteiger partial charge in [-0.25, -0.2) is 0 Å². The number of carboxylic acid groups (broad SMARTS) is 1. The number of hydrogen-bond acceptors (Lipinski definition) is 5. The highest BCUT2D eigenvalue weighted by Crippen LogP contribution is 2.13. The summed E-state index contributed by atoms with van der Waals surface area (Å²) in [5, 5.41) is 10.8.